The van der Waals surface area contributed by atoms with Crippen LogP contribution in [0.5, 0.6) is 0 Å². The predicted octanol–water partition coefficient (Wildman–Crippen LogP) is 1.72. The molecule has 1 aromatic carbocycles. The van der Waals surface area contributed by atoms with Gasteiger partial charge < -0.3 is 21.5 Å². The molecule has 152 valence electrons. The van der Waals surface area contributed by atoms with Crippen molar-refractivity contribution in [2.75, 3.05) is 24.6 Å². The van der Waals surface area contributed by atoms with Gasteiger partial charge in [0.25, 0.3) is 5.91 Å². The number of aliphatic hydroxyl groups excluding tert-OH is 1. The minimum absolute atomic E-state index is 0.0385. The van der Waals surface area contributed by atoms with Gasteiger partial charge in [0.05, 0.1) is 22.0 Å². The van der Waals surface area contributed by atoms with Crippen molar-refractivity contribution < 1.29 is 9.90 Å². The van der Waals surface area contributed by atoms with Crippen molar-refractivity contribution in [1.82, 2.24) is 20.2 Å². The maximum Gasteiger partial charge on any atom is 0.268 e. The second-order valence-corrected chi connectivity index (χ2v) is 7.93. The molecule has 3 aromatic rings. The molecule has 0 radical (unpaired) electrons. The molecular formula is C18H19Cl2N7O2. The lowest BCUT2D eigenvalue weighted by atomic mass is 9.90. The summed E-state index contributed by atoms with van der Waals surface area (Å²) in [4.78, 5) is 23.0. The first kappa shape index (κ1) is 19.8. The quantitative estimate of drug-likeness (QED) is 0.487. The highest BCUT2D eigenvalue weighted by Gasteiger charge is 2.32. The number of primary amides is 1. The Balaban J connectivity index is 1.80. The molecule has 2 aromatic heterocycles. The lowest BCUT2D eigenvalue weighted by Gasteiger charge is -2.37. The van der Waals surface area contributed by atoms with Crippen LogP contribution in [0.3, 0.4) is 0 Å². The molecule has 1 saturated heterocycles. The van der Waals surface area contributed by atoms with Crippen molar-refractivity contribution in [2.45, 2.75) is 18.4 Å². The number of hydrogen-bond acceptors (Lipinski definition) is 7. The molecular weight excluding hydrogens is 417 g/mol. The van der Waals surface area contributed by atoms with Gasteiger partial charge in [0.15, 0.2) is 5.65 Å². The van der Waals surface area contributed by atoms with Gasteiger partial charge in [-0.05, 0) is 18.9 Å². The number of piperidine rings is 1. The number of amides is 1. The number of aliphatic hydroxyl groups is 1. The minimum atomic E-state index is -0.708. The van der Waals surface area contributed by atoms with E-state index in [1.54, 1.807) is 18.2 Å². The molecule has 6 N–H and O–H groups in total. The number of fused-ring (bicyclic) bond motifs is 1. The van der Waals surface area contributed by atoms with Gasteiger partial charge in [0.1, 0.15) is 11.4 Å². The van der Waals surface area contributed by atoms with Gasteiger partial charge in [-0.1, -0.05) is 35.3 Å². The van der Waals surface area contributed by atoms with Gasteiger partial charge >= 0.3 is 0 Å². The second kappa shape index (κ2) is 7.42. The van der Waals surface area contributed by atoms with Crippen molar-refractivity contribution in [1.29, 1.82) is 0 Å². The molecule has 3 heterocycles. The van der Waals surface area contributed by atoms with Crippen molar-refractivity contribution >= 4 is 46.1 Å². The van der Waals surface area contributed by atoms with Crippen LogP contribution in [0, 0.1) is 0 Å². The van der Waals surface area contributed by atoms with Crippen molar-refractivity contribution in [3.05, 3.63) is 33.9 Å². The van der Waals surface area contributed by atoms with Crippen LogP contribution in [0.15, 0.2) is 18.2 Å². The smallest absolute Gasteiger partial charge is 0.268 e. The van der Waals surface area contributed by atoms with Crippen LogP contribution >= 0.6 is 23.2 Å². The molecule has 0 spiro atoms. The maximum atomic E-state index is 12.2. The lowest BCUT2D eigenvalue weighted by molar-refractivity contribution is 0.0997. The summed E-state index contributed by atoms with van der Waals surface area (Å²) in [6.07, 6.45) is 1.15. The lowest BCUT2D eigenvalue weighted by Crippen LogP contribution is -2.53. The van der Waals surface area contributed by atoms with Gasteiger partial charge in [-0.25, -0.2) is 4.98 Å². The molecule has 1 fully saturated rings. The van der Waals surface area contributed by atoms with E-state index in [-0.39, 0.29) is 12.3 Å². The topological polar surface area (TPSA) is 147 Å². The summed E-state index contributed by atoms with van der Waals surface area (Å²) >= 11 is 12.4. The van der Waals surface area contributed by atoms with E-state index in [0.717, 1.165) is 0 Å². The fourth-order valence-electron chi connectivity index (χ4n) is 3.43. The fourth-order valence-corrected chi connectivity index (χ4v) is 3.82. The van der Waals surface area contributed by atoms with E-state index < -0.39 is 11.4 Å². The Hall–Kier alpha value is -2.46. The number of halogens is 2. The largest absolute Gasteiger partial charge is 0.394 e. The van der Waals surface area contributed by atoms with E-state index in [4.69, 9.17) is 34.7 Å². The van der Waals surface area contributed by atoms with Gasteiger partial charge in [-0.3, -0.25) is 9.89 Å². The van der Waals surface area contributed by atoms with Crippen molar-refractivity contribution in [3.8, 4) is 11.3 Å². The summed E-state index contributed by atoms with van der Waals surface area (Å²) in [5, 5.41) is 17.6. The summed E-state index contributed by atoms with van der Waals surface area (Å²) in [5.41, 5.74) is 12.5. The normalized spacial score (nSPS) is 16.3. The number of rotatable bonds is 4. The highest BCUT2D eigenvalue weighted by Crippen LogP contribution is 2.37. The number of carbonyl (C=O) groups is 1. The van der Waals surface area contributed by atoms with Crippen LogP contribution in [-0.4, -0.2) is 56.4 Å². The van der Waals surface area contributed by atoms with E-state index in [2.05, 4.69) is 20.2 Å². The highest BCUT2D eigenvalue weighted by molar-refractivity contribution is 6.43. The molecule has 0 unspecified atom stereocenters. The number of hydrogen-bond donors (Lipinski definition) is 4. The number of carbonyl (C=O) groups excluding carboxylic acids is 1. The molecule has 11 heteroatoms. The average Bonchev–Trinajstić information content (AvgIpc) is 3.13. The molecule has 0 saturated carbocycles. The van der Waals surface area contributed by atoms with Crippen LogP contribution in [0.2, 0.25) is 10.0 Å². The van der Waals surface area contributed by atoms with Crippen LogP contribution in [-0.2, 0) is 0 Å². The number of nitrogens with one attached hydrogen (secondary N) is 1. The highest BCUT2D eigenvalue weighted by atomic mass is 35.5. The minimum Gasteiger partial charge on any atom is -0.394 e. The van der Waals surface area contributed by atoms with Crippen LogP contribution in [0.4, 0.5) is 5.95 Å². The molecule has 29 heavy (non-hydrogen) atoms. The zero-order chi connectivity index (χ0) is 20.8. The third kappa shape index (κ3) is 3.51. The van der Waals surface area contributed by atoms with Gasteiger partial charge in [-0.2, -0.15) is 10.1 Å². The average molecular weight is 436 g/mol. The third-order valence-corrected chi connectivity index (χ3v) is 6.02. The van der Waals surface area contributed by atoms with Crippen LogP contribution < -0.4 is 16.4 Å². The van der Waals surface area contributed by atoms with Crippen LogP contribution in [0.25, 0.3) is 22.3 Å². The molecule has 1 amide bonds. The van der Waals surface area contributed by atoms with E-state index in [0.29, 0.717) is 64.2 Å². The SMILES string of the molecule is NC(=O)c1nc(N2CCC(N)(CO)CC2)nc2[nH]nc(-c3cccc(Cl)c3Cl)c12. The maximum absolute atomic E-state index is 12.2. The Kier molecular flexibility index (Phi) is 5.07. The van der Waals surface area contributed by atoms with E-state index in [9.17, 15) is 9.90 Å². The van der Waals surface area contributed by atoms with Crippen molar-refractivity contribution in [2.24, 2.45) is 11.5 Å². The molecule has 9 nitrogen and oxygen atoms in total. The van der Waals surface area contributed by atoms with E-state index in [1.165, 1.54) is 0 Å². The van der Waals surface area contributed by atoms with Crippen molar-refractivity contribution in [3.63, 3.8) is 0 Å². The van der Waals surface area contributed by atoms with Crippen LogP contribution in [0.1, 0.15) is 23.3 Å². The summed E-state index contributed by atoms with van der Waals surface area (Å²) in [6, 6.07) is 5.13. The Morgan fingerprint density at radius 2 is 2.00 bits per heavy atom. The summed E-state index contributed by atoms with van der Waals surface area (Å²) in [7, 11) is 0. The first-order valence-corrected chi connectivity index (χ1v) is 9.73. The first-order valence-electron chi connectivity index (χ1n) is 8.98. The number of H-pyrrole nitrogens is 1. The number of nitrogens with two attached hydrogens (primary N) is 2. The number of aromatic nitrogens is 4. The molecule has 1 aliphatic heterocycles. The zero-order valence-electron chi connectivity index (χ0n) is 15.3. The summed E-state index contributed by atoms with van der Waals surface area (Å²) in [5.74, 6) is -0.362. The monoisotopic (exact) mass is 435 g/mol. The third-order valence-electron chi connectivity index (χ3n) is 5.20. The number of nitrogens with zero attached hydrogens (tertiary/aromatic N) is 4. The van der Waals surface area contributed by atoms with Gasteiger partial charge in [-0.15, -0.1) is 0 Å². The molecule has 4 rings (SSSR count). The van der Waals surface area contributed by atoms with E-state index >= 15 is 0 Å². The van der Waals surface area contributed by atoms with Gasteiger partial charge in [0.2, 0.25) is 5.95 Å². The number of aromatic amines is 1. The fraction of sp³-hybridized carbons (Fsp3) is 0.333. The van der Waals surface area contributed by atoms with E-state index in [1.807, 2.05) is 4.90 Å². The first-order chi connectivity index (χ1) is 13.8. The molecule has 1 aliphatic rings. The summed E-state index contributed by atoms with van der Waals surface area (Å²) in [6.45, 7) is 1.00. The predicted molar refractivity (Wildman–Crippen MR) is 111 cm³/mol. The molecule has 0 aliphatic carbocycles. The summed E-state index contributed by atoms with van der Waals surface area (Å²) < 4.78 is 0. The Morgan fingerprint density at radius 1 is 1.28 bits per heavy atom. The molecule has 0 atom stereocenters. The van der Waals surface area contributed by atoms with Gasteiger partial charge in [0, 0.05) is 24.2 Å². The standard InChI is InChI=1S/C18H19Cl2N7O2/c19-10-3-1-2-9(12(10)20)13-11-14(15(21)29)23-17(24-16(11)26-25-13)27-6-4-18(22,8-28)5-7-27/h1-3,28H,4-8,22H2,(H2,21,29)(H,23,24,25,26). The number of benzene rings is 1. The molecule has 0 bridgehead atoms. The Labute approximate surface area is 176 Å². The Morgan fingerprint density at radius 3 is 2.66 bits per heavy atom. The zero-order valence-corrected chi connectivity index (χ0v) is 16.8. The Bertz CT molecular complexity index is 1090. The second-order valence-electron chi connectivity index (χ2n) is 7.14. The number of anilines is 1.